The molecule has 2 atom stereocenters. The van der Waals surface area contributed by atoms with Crippen LogP contribution in [-0.2, 0) is 20.6 Å². The van der Waals surface area contributed by atoms with Gasteiger partial charge in [0.1, 0.15) is 6.10 Å². The van der Waals surface area contributed by atoms with E-state index in [2.05, 4.69) is 0 Å². The molecule has 1 aromatic carbocycles. The van der Waals surface area contributed by atoms with Gasteiger partial charge in [0.05, 0.1) is 12.7 Å². The molecule has 0 bridgehead atoms. The van der Waals surface area contributed by atoms with Gasteiger partial charge >= 0.3 is 0 Å². The van der Waals surface area contributed by atoms with Crippen molar-refractivity contribution in [3.05, 3.63) is 40.1 Å². The molecule has 0 amide bonds. The van der Waals surface area contributed by atoms with Crippen molar-refractivity contribution in [1.82, 2.24) is 0 Å². The molecule has 2 unspecified atom stereocenters. The Morgan fingerprint density at radius 3 is 2.45 bits per heavy atom. The first-order valence-electron chi connectivity index (χ1n) is 6.49. The summed E-state index contributed by atoms with van der Waals surface area (Å²) in [5.41, 5.74) is 0.476. The molecule has 0 spiro atoms. The van der Waals surface area contributed by atoms with Crippen LogP contribution in [0, 0.1) is 0 Å². The van der Waals surface area contributed by atoms with E-state index in [1.165, 1.54) is 12.1 Å². The Morgan fingerprint density at radius 2 is 1.85 bits per heavy atom. The summed E-state index contributed by atoms with van der Waals surface area (Å²) >= 11 is 0. The molecule has 1 rings (SSSR count). The molecule has 1 N–H and O–H groups in total. The second-order valence-electron chi connectivity index (χ2n) is 4.54. The lowest BCUT2D eigenvalue weighted by Crippen LogP contribution is -2.34. The SMILES string of the molecule is COCC(OC)C(CCc1cccc(O)c(=O)c1)OC. The van der Waals surface area contributed by atoms with Gasteiger partial charge in [-0.25, -0.2) is 0 Å². The van der Waals surface area contributed by atoms with Crippen molar-refractivity contribution < 1.29 is 19.3 Å². The number of methoxy groups -OCH3 is 3. The summed E-state index contributed by atoms with van der Waals surface area (Å²) in [7, 11) is 4.86. The molecule has 5 nitrogen and oxygen atoms in total. The van der Waals surface area contributed by atoms with Gasteiger partial charge in [-0.3, -0.25) is 4.79 Å². The maximum absolute atomic E-state index is 11.5. The molecule has 0 aliphatic heterocycles. The van der Waals surface area contributed by atoms with Crippen LogP contribution in [0.1, 0.15) is 12.0 Å². The van der Waals surface area contributed by atoms with E-state index in [-0.39, 0.29) is 23.4 Å². The smallest absolute Gasteiger partial charge is 0.220 e. The molecule has 0 saturated carbocycles. The van der Waals surface area contributed by atoms with Crippen LogP contribution in [0.3, 0.4) is 0 Å². The summed E-state index contributed by atoms with van der Waals surface area (Å²) in [4.78, 5) is 11.5. The molecule has 112 valence electrons. The molecule has 0 saturated heterocycles. The van der Waals surface area contributed by atoms with Gasteiger partial charge in [0.25, 0.3) is 0 Å². The van der Waals surface area contributed by atoms with Gasteiger partial charge in [-0.1, -0.05) is 12.1 Å². The molecule has 0 aliphatic carbocycles. The van der Waals surface area contributed by atoms with Gasteiger partial charge in [-0.05, 0) is 30.5 Å². The minimum Gasteiger partial charge on any atom is -0.504 e. The van der Waals surface area contributed by atoms with Gasteiger partial charge in [-0.15, -0.1) is 0 Å². The Hall–Kier alpha value is -1.43. The maximum Gasteiger partial charge on any atom is 0.220 e. The fraction of sp³-hybridized carbons (Fsp3) is 0.533. The highest BCUT2D eigenvalue weighted by molar-refractivity contribution is 5.23. The van der Waals surface area contributed by atoms with Gasteiger partial charge < -0.3 is 19.3 Å². The third-order valence-electron chi connectivity index (χ3n) is 3.20. The Balaban J connectivity index is 2.71. The normalized spacial score (nSPS) is 13.9. The number of hydrogen-bond acceptors (Lipinski definition) is 5. The Morgan fingerprint density at radius 1 is 1.15 bits per heavy atom. The van der Waals surface area contributed by atoms with E-state index in [0.29, 0.717) is 19.4 Å². The molecule has 0 heterocycles. The molecule has 5 heteroatoms. The number of hydrogen-bond donors (Lipinski definition) is 1. The zero-order chi connectivity index (χ0) is 15.0. The average molecular weight is 282 g/mol. The van der Waals surface area contributed by atoms with Crippen molar-refractivity contribution in [2.24, 2.45) is 0 Å². The highest BCUT2D eigenvalue weighted by Crippen LogP contribution is 2.12. The summed E-state index contributed by atoms with van der Waals surface area (Å²) in [6.45, 7) is 0.450. The van der Waals surface area contributed by atoms with E-state index in [4.69, 9.17) is 14.2 Å². The largest absolute Gasteiger partial charge is 0.504 e. The van der Waals surface area contributed by atoms with Crippen molar-refractivity contribution in [2.45, 2.75) is 25.0 Å². The van der Waals surface area contributed by atoms with Crippen LogP contribution in [-0.4, -0.2) is 45.3 Å². The standard InChI is InChI=1S/C15H22O5/c1-18-10-15(20-3)14(19-2)8-7-11-5-4-6-12(16)13(17)9-11/h4-6,9,14-15H,7-8,10H2,1-3H3,(H,16,17). The Bertz CT molecular complexity index is 460. The van der Waals surface area contributed by atoms with Gasteiger partial charge in [0, 0.05) is 21.3 Å². The predicted molar refractivity (Wildman–Crippen MR) is 76.2 cm³/mol. The van der Waals surface area contributed by atoms with Gasteiger partial charge in [-0.2, -0.15) is 0 Å². The summed E-state index contributed by atoms with van der Waals surface area (Å²) in [6, 6.07) is 6.31. The van der Waals surface area contributed by atoms with Gasteiger partial charge in [0.15, 0.2) is 5.75 Å². The first-order valence-corrected chi connectivity index (χ1v) is 6.49. The number of ether oxygens (including phenoxy) is 3. The minimum absolute atomic E-state index is 0.117. The highest BCUT2D eigenvalue weighted by Gasteiger charge is 2.20. The van der Waals surface area contributed by atoms with Crippen LogP contribution in [0.2, 0.25) is 0 Å². The van der Waals surface area contributed by atoms with E-state index in [9.17, 15) is 9.90 Å². The quantitative estimate of drug-likeness (QED) is 0.780. The molecule has 0 aliphatic rings. The molecular weight excluding hydrogens is 260 g/mol. The van der Waals surface area contributed by atoms with E-state index in [1.807, 2.05) is 6.07 Å². The summed E-state index contributed by atoms with van der Waals surface area (Å²) in [6.07, 6.45) is 1.09. The third-order valence-corrected chi connectivity index (χ3v) is 3.20. The van der Waals surface area contributed by atoms with Crippen LogP contribution in [0.4, 0.5) is 0 Å². The van der Waals surface area contributed by atoms with Crippen LogP contribution < -0.4 is 5.43 Å². The number of aromatic hydroxyl groups is 1. The Labute approximate surface area is 119 Å². The van der Waals surface area contributed by atoms with Crippen LogP contribution in [0.15, 0.2) is 29.1 Å². The molecular formula is C15H22O5. The predicted octanol–water partition coefficient (Wildman–Crippen LogP) is 1.36. The zero-order valence-electron chi connectivity index (χ0n) is 12.2. The monoisotopic (exact) mass is 282 g/mol. The molecule has 1 aromatic rings. The zero-order valence-corrected chi connectivity index (χ0v) is 12.2. The van der Waals surface area contributed by atoms with Crippen molar-refractivity contribution in [3.63, 3.8) is 0 Å². The Kier molecular flexibility index (Phi) is 7.22. The van der Waals surface area contributed by atoms with Crippen molar-refractivity contribution in [3.8, 4) is 5.75 Å². The number of rotatable bonds is 8. The first kappa shape index (κ1) is 16.6. The minimum atomic E-state index is -0.376. The van der Waals surface area contributed by atoms with E-state index in [0.717, 1.165) is 5.56 Å². The van der Waals surface area contributed by atoms with Crippen molar-refractivity contribution in [1.29, 1.82) is 0 Å². The van der Waals surface area contributed by atoms with Gasteiger partial charge in [0.2, 0.25) is 5.43 Å². The highest BCUT2D eigenvalue weighted by atomic mass is 16.6. The first-order chi connectivity index (χ1) is 9.62. The molecule has 0 aromatic heterocycles. The van der Waals surface area contributed by atoms with E-state index in [1.54, 1.807) is 27.4 Å². The molecule has 20 heavy (non-hydrogen) atoms. The third kappa shape index (κ3) is 4.92. The van der Waals surface area contributed by atoms with Crippen molar-refractivity contribution >= 4 is 0 Å². The van der Waals surface area contributed by atoms with Crippen molar-refractivity contribution in [2.75, 3.05) is 27.9 Å². The lowest BCUT2D eigenvalue weighted by atomic mass is 10.0. The maximum atomic E-state index is 11.5. The van der Waals surface area contributed by atoms with E-state index >= 15 is 0 Å². The summed E-state index contributed by atoms with van der Waals surface area (Å²) in [5, 5.41) is 9.35. The van der Waals surface area contributed by atoms with E-state index < -0.39 is 0 Å². The molecule has 0 fully saturated rings. The van der Waals surface area contributed by atoms with Crippen LogP contribution in [0.5, 0.6) is 5.75 Å². The topological polar surface area (TPSA) is 65.0 Å². The number of aryl methyl sites for hydroxylation is 1. The molecule has 0 radical (unpaired) electrons. The second-order valence-corrected chi connectivity index (χ2v) is 4.54. The average Bonchev–Trinajstić information content (AvgIpc) is 2.60. The second kappa shape index (κ2) is 8.68. The fourth-order valence-electron chi connectivity index (χ4n) is 2.05. The summed E-state index contributed by atoms with van der Waals surface area (Å²) < 4.78 is 15.9. The van der Waals surface area contributed by atoms with Crippen LogP contribution >= 0.6 is 0 Å². The summed E-state index contributed by atoms with van der Waals surface area (Å²) in [5.74, 6) is -0.242. The fourth-order valence-corrected chi connectivity index (χ4v) is 2.05. The lowest BCUT2D eigenvalue weighted by Gasteiger charge is -2.24. The lowest BCUT2D eigenvalue weighted by molar-refractivity contribution is -0.0702. The van der Waals surface area contributed by atoms with Crippen LogP contribution in [0.25, 0.3) is 0 Å².